The molecule has 0 radical (unpaired) electrons. The third-order valence-corrected chi connectivity index (χ3v) is 4.55. The highest BCUT2D eigenvalue weighted by atomic mass is 19.1. The van der Waals surface area contributed by atoms with E-state index in [1.165, 1.54) is 18.4 Å². The summed E-state index contributed by atoms with van der Waals surface area (Å²) in [6, 6.07) is 12.0. The predicted molar refractivity (Wildman–Crippen MR) is 115 cm³/mol. The van der Waals surface area contributed by atoms with Gasteiger partial charge in [0.2, 0.25) is 5.95 Å². The van der Waals surface area contributed by atoms with Crippen LogP contribution in [0.4, 0.5) is 4.39 Å². The first-order valence-corrected chi connectivity index (χ1v) is 10.2. The Morgan fingerprint density at radius 3 is 2.69 bits per heavy atom. The van der Waals surface area contributed by atoms with Crippen LogP contribution in [0.2, 0.25) is 0 Å². The molecule has 1 N–H and O–H groups in total. The Hall–Kier alpha value is -3.68. The van der Waals surface area contributed by atoms with Gasteiger partial charge in [-0.05, 0) is 49.6 Å². The maximum absolute atomic E-state index is 13.3. The zero-order valence-electron chi connectivity index (χ0n) is 19.4. The van der Waals surface area contributed by atoms with Gasteiger partial charge in [-0.3, -0.25) is 9.59 Å². The first kappa shape index (κ1) is 20.2. The molecule has 0 aliphatic carbocycles. The molecule has 7 nitrogen and oxygen atoms in total. The SMILES string of the molecule is [2H]C([2H])(c1ccccc1OCCCCCC(=O)O)N(Cc1ccco1)C(=O)c1ccc(F)nc1. The van der Waals surface area contributed by atoms with E-state index < -0.39 is 24.3 Å². The Balaban J connectivity index is 1.83. The smallest absolute Gasteiger partial charge is 0.303 e. The molecule has 3 rings (SSSR count). The Bertz CT molecular complexity index is 1090. The molecular formula is C24H25FN2O5. The van der Waals surface area contributed by atoms with Crippen molar-refractivity contribution < 1.29 is 31.0 Å². The van der Waals surface area contributed by atoms with Gasteiger partial charge in [0.05, 0.1) is 34.2 Å². The lowest BCUT2D eigenvalue weighted by molar-refractivity contribution is -0.137. The maximum Gasteiger partial charge on any atom is 0.303 e. The Labute approximate surface area is 188 Å². The number of pyridine rings is 1. The molecular weight excluding hydrogens is 415 g/mol. The second kappa shape index (κ2) is 11.6. The van der Waals surface area contributed by atoms with Crippen LogP contribution in [-0.4, -0.2) is 33.5 Å². The van der Waals surface area contributed by atoms with Gasteiger partial charge in [0.1, 0.15) is 11.5 Å². The molecule has 0 unspecified atom stereocenters. The van der Waals surface area contributed by atoms with E-state index in [1.807, 2.05) is 0 Å². The largest absolute Gasteiger partial charge is 0.493 e. The normalized spacial score (nSPS) is 12.0. The molecule has 32 heavy (non-hydrogen) atoms. The quantitative estimate of drug-likeness (QED) is 0.323. The van der Waals surface area contributed by atoms with E-state index in [4.69, 9.17) is 17.0 Å². The van der Waals surface area contributed by atoms with Crippen molar-refractivity contribution in [2.45, 2.75) is 38.7 Å². The van der Waals surface area contributed by atoms with Crippen molar-refractivity contribution in [3.63, 3.8) is 0 Å². The number of rotatable bonds is 12. The number of hydrogen-bond donors (Lipinski definition) is 1. The van der Waals surface area contributed by atoms with Gasteiger partial charge in [-0.2, -0.15) is 4.39 Å². The number of carboxylic acids is 1. The van der Waals surface area contributed by atoms with Crippen LogP contribution in [0.1, 0.15) is 50.1 Å². The number of aromatic nitrogens is 1. The zero-order valence-corrected chi connectivity index (χ0v) is 17.4. The van der Waals surface area contributed by atoms with Crippen LogP contribution in [0.25, 0.3) is 0 Å². The lowest BCUT2D eigenvalue weighted by Gasteiger charge is -2.23. The van der Waals surface area contributed by atoms with Crippen molar-refractivity contribution >= 4 is 11.9 Å². The Kier molecular flexibility index (Phi) is 7.36. The first-order chi connectivity index (χ1) is 16.3. The maximum atomic E-state index is 13.3. The molecule has 0 spiro atoms. The molecule has 0 bridgehead atoms. The molecule has 3 aromatic rings. The van der Waals surface area contributed by atoms with Crippen molar-refractivity contribution in [2.24, 2.45) is 0 Å². The second-order valence-electron chi connectivity index (χ2n) is 7.00. The molecule has 1 aromatic carbocycles. The van der Waals surface area contributed by atoms with E-state index in [9.17, 15) is 14.0 Å². The molecule has 0 saturated heterocycles. The second-order valence-corrected chi connectivity index (χ2v) is 7.00. The van der Waals surface area contributed by atoms with Gasteiger partial charge in [0.25, 0.3) is 5.91 Å². The highest BCUT2D eigenvalue weighted by Gasteiger charge is 2.20. The Morgan fingerprint density at radius 2 is 1.97 bits per heavy atom. The monoisotopic (exact) mass is 442 g/mol. The van der Waals surface area contributed by atoms with Gasteiger partial charge in [-0.1, -0.05) is 18.2 Å². The van der Waals surface area contributed by atoms with E-state index in [-0.39, 0.29) is 36.4 Å². The van der Waals surface area contributed by atoms with Gasteiger partial charge >= 0.3 is 5.97 Å². The molecule has 0 aliphatic rings. The van der Waals surface area contributed by atoms with Crippen LogP contribution in [0.15, 0.2) is 65.4 Å². The number of hydrogen-bond acceptors (Lipinski definition) is 5. The summed E-state index contributed by atoms with van der Waals surface area (Å²) >= 11 is 0. The van der Waals surface area contributed by atoms with E-state index in [1.54, 1.807) is 30.3 Å². The first-order valence-electron chi connectivity index (χ1n) is 11.2. The number of unbranched alkanes of at least 4 members (excludes halogenated alkanes) is 2. The minimum atomic E-state index is -2.32. The molecule has 168 valence electrons. The average Bonchev–Trinajstić information content (AvgIpc) is 3.33. The van der Waals surface area contributed by atoms with Crippen molar-refractivity contribution in [2.75, 3.05) is 6.61 Å². The number of furan rings is 1. The van der Waals surface area contributed by atoms with Crippen LogP contribution in [0.3, 0.4) is 0 Å². The number of ether oxygens (including phenoxy) is 1. The molecule has 0 atom stereocenters. The van der Waals surface area contributed by atoms with Crippen molar-refractivity contribution in [3.8, 4) is 5.75 Å². The number of carbonyl (C=O) groups excluding carboxylic acids is 1. The highest BCUT2D eigenvalue weighted by molar-refractivity contribution is 5.93. The highest BCUT2D eigenvalue weighted by Crippen LogP contribution is 2.23. The summed E-state index contributed by atoms with van der Waals surface area (Å²) in [5.41, 5.74) is 0.157. The number of para-hydroxylation sites is 1. The molecule has 0 aliphatic heterocycles. The fourth-order valence-electron chi connectivity index (χ4n) is 2.95. The third-order valence-electron chi connectivity index (χ3n) is 4.55. The lowest BCUT2D eigenvalue weighted by Crippen LogP contribution is -2.30. The van der Waals surface area contributed by atoms with E-state index >= 15 is 0 Å². The van der Waals surface area contributed by atoms with Gasteiger partial charge in [-0.15, -0.1) is 0 Å². The minimum absolute atomic E-state index is 0.0219. The number of benzene rings is 1. The van der Waals surface area contributed by atoms with Crippen LogP contribution in [-0.2, 0) is 17.8 Å². The molecule has 0 saturated carbocycles. The molecule has 2 heterocycles. The third kappa shape index (κ3) is 6.94. The standard InChI is InChI=1S/C24H25FN2O5/c25-22-12-11-18(15-26-22)24(30)27(17-20-8-6-14-31-20)16-19-7-3-4-9-21(19)32-13-5-1-2-10-23(28)29/h3-4,6-9,11-12,14-15H,1-2,5,10,13,16-17H2,(H,28,29)/i16D2. The topological polar surface area (TPSA) is 92.9 Å². The summed E-state index contributed by atoms with van der Waals surface area (Å²) in [5, 5.41) is 8.72. The summed E-state index contributed by atoms with van der Waals surface area (Å²) in [6.45, 7) is -2.24. The number of amides is 1. The van der Waals surface area contributed by atoms with Gasteiger partial charge < -0.3 is 19.2 Å². The number of carbonyl (C=O) groups is 2. The van der Waals surface area contributed by atoms with E-state index in [2.05, 4.69) is 4.98 Å². The fourth-order valence-corrected chi connectivity index (χ4v) is 2.95. The molecule has 1 amide bonds. The number of halogens is 1. The van der Waals surface area contributed by atoms with Crippen molar-refractivity contribution in [1.82, 2.24) is 9.88 Å². The summed E-state index contributed by atoms with van der Waals surface area (Å²) in [6.07, 6.45) is 4.35. The number of nitrogens with zero attached hydrogens (tertiary/aromatic N) is 2. The predicted octanol–water partition coefficient (Wildman–Crippen LogP) is 4.68. The summed E-state index contributed by atoms with van der Waals surface area (Å²) in [5.74, 6) is -1.67. The van der Waals surface area contributed by atoms with Gasteiger partial charge in [0, 0.05) is 18.2 Å². The van der Waals surface area contributed by atoms with E-state index in [0.29, 0.717) is 25.0 Å². The van der Waals surface area contributed by atoms with E-state index in [0.717, 1.165) is 17.2 Å². The fraction of sp³-hybridized carbons (Fsp3) is 0.292. The lowest BCUT2D eigenvalue weighted by atomic mass is 10.1. The van der Waals surface area contributed by atoms with Crippen molar-refractivity contribution in [3.05, 3.63) is 83.8 Å². The minimum Gasteiger partial charge on any atom is -0.493 e. The molecule has 8 heteroatoms. The Morgan fingerprint density at radius 1 is 1.12 bits per heavy atom. The van der Waals surface area contributed by atoms with Crippen LogP contribution >= 0.6 is 0 Å². The van der Waals surface area contributed by atoms with Crippen LogP contribution in [0.5, 0.6) is 5.75 Å². The summed E-state index contributed by atoms with van der Waals surface area (Å²) in [7, 11) is 0. The van der Waals surface area contributed by atoms with Crippen LogP contribution in [0, 0.1) is 5.95 Å². The van der Waals surface area contributed by atoms with Gasteiger partial charge in [-0.25, -0.2) is 4.98 Å². The molecule has 2 aromatic heterocycles. The molecule has 0 fully saturated rings. The number of aliphatic carboxylic acids is 1. The number of carboxylic acid groups (broad SMARTS) is 1. The summed E-state index contributed by atoms with van der Waals surface area (Å²) < 4.78 is 42.2. The van der Waals surface area contributed by atoms with Crippen LogP contribution < -0.4 is 4.74 Å². The van der Waals surface area contributed by atoms with Gasteiger partial charge in [0.15, 0.2) is 0 Å². The summed E-state index contributed by atoms with van der Waals surface area (Å²) in [4.78, 5) is 28.4. The average molecular weight is 442 g/mol. The zero-order chi connectivity index (χ0) is 24.6. The van der Waals surface area contributed by atoms with Crippen molar-refractivity contribution in [1.29, 1.82) is 0 Å².